The van der Waals surface area contributed by atoms with Gasteiger partial charge in [-0.05, 0) is 44.4 Å². The van der Waals surface area contributed by atoms with Crippen LogP contribution in [-0.4, -0.2) is 15.4 Å². The third-order valence-electron chi connectivity index (χ3n) is 4.58. The van der Waals surface area contributed by atoms with E-state index in [9.17, 15) is 5.26 Å². The van der Waals surface area contributed by atoms with Gasteiger partial charge in [-0.1, -0.05) is 25.1 Å². The third-order valence-corrected chi connectivity index (χ3v) is 4.58. The number of nitrogens with one attached hydrogen (secondary N) is 1. The Hall–Kier alpha value is -2.80. The molecule has 4 nitrogen and oxygen atoms in total. The number of benzene rings is 1. The first-order valence-electron chi connectivity index (χ1n) is 8.32. The second-order valence-corrected chi connectivity index (χ2v) is 6.14. The predicted octanol–water partition coefficient (Wildman–Crippen LogP) is 4.61. The van der Waals surface area contributed by atoms with Gasteiger partial charge < -0.3 is 5.32 Å². The summed E-state index contributed by atoms with van der Waals surface area (Å²) in [6.45, 7) is 10.2. The standard InChI is InChI=1S/C20H22N4/c1-5-9-15-14(4)16(12-21)20-23-17-10-7-8-11-18(17)24(20)19(15)22-13(3)6-2/h5,7-8,10-11,13,22H,1,6,9H2,2-4H3/t13-/m0/s1. The molecule has 0 unspecified atom stereocenters. The average molecular weight is 318 g/mol. The molecule has 0 aliphatic carbocycles. The minimum Gasteiger partial charge on any atom is -0.368 e. The molecule has 0 spiro atoms. The van der Waals surface area contributed by atoms with Crippen molar-refractivity contribution in [3.63, 3.8) is 0 Å². The molecule has 4 heteroatoms. The van der Waals surface area contributed by atoms with Crippen LogP contribution in [0.15, 0.2) is 36.9 Å². The van der Waals surface area contributed by atoms with Crippen LogP contribution in [0.1, 0.15) is 37.0 Å². The van der Waals surface area contributed by atoms with Gasteiger partial charge in [-0.3, -0.25) is 4.40 Å². The Morgan fingerprint density at radius 1 is 1.42 bits per heavy atom. The van der Waals surface area contributed by atoms with Crippen LogP contribution in [-0.2, 0) is 6.42 Å². The highest BCUT2D eigenvalue weighted by atomic mass is 15.1. The highest BCUT2D eigenvalue weighted by Gasteiger charge is 2.20. The number of allylic oxidation sites excluding steroid dienone is 1. The van der Waals surface area contributed by atoms with Crippen molar-refractivity contribution in [1.29, 1.82) is 5.26 Å². The first kappa shape index (κ1) is 16.1. The number of para-hydroxylation sites is 2. The van der Waals surface area contributed by atoms with Crippen LogP contribution in [0.4, 0.5) is 5.82 Å². The molecule has 0 aliphatic rings. The van der Waals surface area contributed by atoms with E-state index in [1.165, 1.54) is 0 Å². The second kappa shape index (κ2) is 6.37. The Balaban J connectivity index is 2.48. The Bertz CT molecular complexity index is 959. The summed E-state index contributed by atoms with van der Waals surface area (Å²) in [4.78, 5) is 4.72. The lowest BCUT2D eigenvalue weighted by Gasteiger charge is -2.21. The summed E-state index contributed by atoms with van der Waals surface area (Å²) < 4.78 is 2.09. The Kier molecular flexibility index (Phi) is 4.26. The maximum absolute atomic E-state index is 9.70. The van der Waals surface area contributed by atoms with E-state index < -0.39 is 0 Å². The number of nitrogens with zero attached hydrogens (tertiary/aromatic N) is 3. The van der Waals surface area contributed by atoms with Gasteiger partial charge in [-0.25, -0.2) is 4.98 Å². The van der Waals surface area contributed by atoms with Gasteiger partial charge in [0.05, 0.1) is 16.6 Å². The van der Waals surface area contributed by atoms with Crippen molar-refractivity contribution in [2.24, 2.45) is 0 Å². The zero-order valence-corrected chi connectivity index (χ0v) is 14.4. The summed E-state index contributed by atoms with van der Waals surface area (Å²) in [5.41, 5.74) is 5.35. The van der Waals surface area contributed by atoms with E-state index >= 15 is 0 Å². The number of hydrogen-bond acceptors (Lipinski definition) is 3. The van der Waals surface area contributed by atoms with Crippen LogP contribution in [0.2, 0.25) is 0 Å². The topological polar surface area (TPSA) is 53.1 Å². The van der Waals surface area contributed by atoms with Crippen molar-refractivity contribution in [3.8, 4) is 6.07 Å². The minimum absolute atomic E-state index is 0.324. The molecular formula is C20H22N4. The fourth-order valence-corrected chi connectivity index (χ4v) is 3.07. The number of fused-ring (bicyclic) bond motifs is 3. The lowest BCUT2D eigenvalue weighted by Crippen LogP contribution is -2.19. The summed E-state index contributed by atoms with van der Waals surface area (Å²) in [7, 11) is 0. The summed E-state index contributed by atoms with van der Waals surface area (Å²) in [6.07, 6.45) is 3.61. The molecule has 0 fully saturated rings. The van der Waals surface area contributed by atoms with Crippen LogP contribution >= 0.6 is 0 Å². The summed E-state index contributed by atoms with van der Waals surface area (Å²) >= 11 is 0. The van der Waals surface area contributed by atoms with Crippen LogP contribution in [0.3, 0.4) is 0 Å². The first-order chi connectivity index (χ1) is 11.6. The normalized spacial score (nSPS) is 12.2. The molecule has 0 saturated heterocycles. The van der Waals surface area contributed by atoms with Gasteiger partial charge in [-0.15, -0.1) is 6.58 Å². The number of hydrogen-bond donors (Lipinski definition) is 1. The smallest absolute Gasteiger partial charge is 0.157 e. The number of aromatic nitrogens is 2. The van der Waals surface area contributed by atoms with E-state index in [1.807, 2.05) is 37.3 Å². The molecule has 2 aromatic heterocycles. The van der Waals surface area contributed by atoms with E-state index in [0.29, 0.717) is 18.0 Å². The summed E-state index contributed by atoms with van der Waals surface area (Å²) in [5.74, 6) is 1.02. The fraction of sp³-hybridized carbons (Fsp3) is 0.300. The Labute approximate surface area is 142 Å². The molecule has 1 N–H and O–H groups in total. The highest BCUT2D eigenvalue weighted by molar-refractivity contribution is 5.86. The molecule has 3 aromatic rings. The number of nitriles is 1. The highest BCUT2D eigenvalue weighted by Crippen LogP contribution is 2.31. The lowest BCUT2D eigenvalue weighted by atomic mass is 10.0. The van der Waals surface area contributed by atoms with Gasteiger partial charge in [0.15, 0.2) is 5.65 Å². The van der Waals surface area contributed by atoms with Crippen LogP contribution < -0.4 is 5.32 Å². The molecule has 1 atom stereocenters. The Morgan fingerprint density at radius 3 is 2.83 bits per heavy atom. The van der Waals surface area contributed by atoms with Crippen molar-refractivity contribution >= 4 is 22.5 Å². The number of anilines is 1. The monoisotopic (exact) mass is 318 g/mol. The maximum atomic E-state index is 9.70. The average Bonchev–Trinajstić information content (AvgIpc) is 2.97. The molecule has 0 radical (unpaired) electrons. The van der Waals surface area contributed by atoms with Gasteiger partial charge in [0.25, 0.3) is 0 Å². The van der Waals surface area contributed by atoms with Crippen LogP contribution in [0.25, 0.3) is 16.7 Å². The summed E-state index contributed by atoms with van der Waals surface area (Å²) in [6, 6.07) is 10.7. The zero-order valence-electron chi connectivity index (χ0n) is 14.4. The van der Waals surface area contributed by atoms with E-state index in [2.05, 4.69) is 36.2 Å². The second-order valence-electron chi connectivity index (χ2n) is 6.14. The molecule has 2 heterocycles. The molecule has 3 rings (SSSR count). The molecule has 24 heavy (non-hydrogen) atoms. The van der Waals surface area contributed by atoms with Crippen LogP contribution in [0, 0.1) is 18.3 Å². The largest absolute Gasteiger partial charge is 0.368 e. The zero-order chi connectivity index (χ0) is 17.3. The minimum atomic E-state index is 0.324. The molecule has 0 saturated carbocycles. The SMILES string of the molecule is C=CCc1c(C)c(C#N)c2nc3ccccc3n2c1N[C@@H](C)CC. The number of rotatable bonds is 5. The van der Waals surface area contributed by atoms with Gasteiger partial charge in [0.1, 0.15) is 11.9 Å². The number of pyridine rings is 1. The maximum Gasteiger partial charge on any atom is 0.157 e. The molecular weight excluding hydrogens is 296 g/mol. The number of imidazole rings is 1. The van der Waals surface area contributed by atoms with E-state index in [1.54, 1.807) is 0 Å². The first-order valence-corrected chi connectivity index (χ1v) is 8.32. The van der Waals surface area contributed by atoms with E-state index in [-0.39, 0.29) is 0 Å². The van der Waals surface area contributed by atoms with Gasteiger partial charge >= 0.3 is 0 Å². The van der Waals surface area contributed by atoms with Gasteiger partial charge in [0, 0.05) is 11.6 Å². The van der Waals surface area contributed by atoms with E-state index in [0.717, 1.165) is 40.0 Å². The summed E-state index contributed by atoms with van der Waals surface area (Å²) in [5, 5.41) is 13.3. The van der Waals surface area contributed by atoms with E-state index in [4.69, 9.17) is 4.98 Å². The quantitative estimate of drug-likeness (QED) is 0.699. The van der Waals surface area contributed by atoms with Gasteiger partial charge in [-0.2, -0.15) is 5.26 Å². The van der Waals surface area contributed by atoms with Crippen molar-refractivity contribution < 1.29 is 0 Å². The molecule has 0 aliphatic heterocycles. The van der Waals surface area contributed by atoms with Gasteiger partial charge in [0.2, 0.25) is 0 Å². The lowest BCUT2D eigenvalue weighted by molar-refractivity contribution is 0.755. The van der Waals surface area contributed by atoms with Crippen molar-refractivity contribution in [3.05, 3.63) is 53.6 Å². The molecule has 1 aromatic carbocycles. The third kappa shape index (κ3) is 2.43. The van der Waals surface area contributed by atoms with Crippen molar-refractivity contribution in [2.45, 2.75) is 39.7 Å². The molecule has 122 valence electrons. The van der Waals surface area contributed by atoms with Crippen molar-refractivity contribution in [1.82, 2.24) is 9.38 Å². The van der Waals surface area contributed by atoms with Crippen molar-refractivity contribution in [2.75, 3.05) is 5.32 Å². The molecule has 0 bridgehead atoms. The Morgan fingerprint density at radius 2 is 2.17 bits per heavy atom. The molecule has 0 amide bonds. The predicted molar refractivity (Wildman–Crippen MR) is 99.4 cm³/mol. The van der Waals surface area contributed by atoms with Crippen LogP contribution in [0.5, 0.6) is 0 Å². The fourth-order valence-electron chi connectivity index (χ4n) is 3.07.